The van der Waals surface area contributed by atoms with Gasteiger partial charge in [0.1, 0.15) is 11.5 Å². The number of aromatic nitrogens is 3. The minimum Gasteiger partial charge on any atom is -0.476 e. The summed E-state index contributed by atoms with van der Waals surface area (Å²) < 4.78 is 15.0. The number of hydrogen-bond donors (Lipinski definition) is 2. The Morgan fingerprint density at radius 2 is 2.20 bits per heavy atom. The molecule has 3 heterocycles. The molecule has 0 aliphatic carbocycles. The smallest absolute Gasteiger partial charge is 0.356 e. The number of aromatic carboxylic acids is 1. The quantitative estimate of drug-likeness (QED) is 0.690. The zero-order valence-electron chi connectivity index (χ0n) is 16.1. The molecule has 1 amide bonds. The van der Waals surface area contributed by atoms with Crippen LogP contribution < -0.4 is 0 Å². The Labute approximate surface area is 171 Å². The summed E-state index contributed by atoms with van der Waals surface area (Å²) in [4.78, 5) is 29.1. The van der Waals surface area contributed by atoms with Crippen molar-refractivity contribution in [3.63, 3.8) is 0 Å². The number of halogens is 1. The van der Waals surface area contributed by atoms with Gasteiger partial charge in [0, 0.05) is 29.9 Å². The van der Waals surface area contributed by atoms with Crippen LogP contribution in [0.5, 0.6) is 0 Å². The number of fused-ring (bicyclic) bond motifs is 1. The van der Waals surface area contributed by atoms with E-state index in [1.54, 1.807) is 27.9 Å². The van der Waals surface area contributed by atoms with Crippen LogP contribution in [0.1, 0.15) is 56.2 Å². The first-order valence-corrected chi connectivity index (χ1v) is 9.33. The van der Waals surface area contributed by atoms with E-state index in [9.17, 15) is 24.3 Å². The number of carbonyl (C=O) groups excluding carboxylic acids is 1. The van der Waals surface area contributed by atoms with Gasteiger partial charge in [-0.3, -0.25) is 9.48 Å². The van der Waals surface area contributed by atoms with Crippen LogP contribution >= 0.6 is 0 Å². The number of nitriles is 1. The van der Waals surface area contributed by atoms with Crippen LogP contribution in [0.15, 0.2) is 36.5 Å². The average molecular weight is 407 g/mol. The molecule has 30 heavy (non-hydrogen) atoms. The molecule has 152 valence electrons. The highest BCUT2D eigenvalue weighted by molar-refractivity contribution is 5.93. The van der Waals surface area contributed by atoms with Crippen molar-refractivity contribution in [3.05, 3.63) is 76.1 Å². The second-order valence-electron chi connectivity index (χ2n) is 7.26. The first kappa shape index (κ1) is 19.4. The number of aromatic amines is 1. The number of nitrogens with one attached hydrogen (secondary N) is 1. The summed E-state index contributed by atoms with van der Waals surface area (Å²) in [6.45, 7) is 2.54. The molecule has 8 nitrogen and oxygen atoms in total. The Kier molecular flexibility index (Phi) is 4.83. The second kappa shape index (κ2) is 7.48. The summed E-state index contributed by atoms with van der Waals surface area (Å²) in [6, 6.07) is 9.25. The van der Waals surface area contributed by atoms with Gasteiger partial charge in [0.15, 0.2) is 5.69 Å². The van der Waals surface area contributed by atoms with E-state index >= 15 is 0 Å². The van der Waals surface area contributed by atoms with Gasteiger partial charge in [0.05, 0.1) is 24.7 Å². The van der Waals surface area contributed by atoms with Gasteiger partial charge in [-0.25, -0.2) is 9.18 Å². The van der Waals surface area contributed by atoms with Gasteiger partial charge in [0.25, 0.3) is 5.91 Å². The molecule has 1 atom stereocenters. The van der Waals surface area contributed by atoms with Crippen molar-refractivity contribution < 1.29 is 19.1 Å². The molecule has 1 aromatic carbocycles. The minimum absolute atomic E-state index is 0.119. The van der Waals surface area contributed by atoms with E-state index in [2.05, 4.69) is 10.1 Å². The normalized spacial score (nSPS) is 15.5. The summed E-state index contributed by atoms with van der Waals surface area (Å²) in [7, 11) is 0. The molecule has 2 N–H and O–H groups in total. The molecule has 0 saturated heterocycles. The first-order chi connectivity index (χ1) is 14.4. The summed E-state index contributed by atoms with van der Waals surface area (Å²) >= 11 is 0. The van der Waals surface area contributed by atoms with E-state index in [4.69, 9.17) is 0 Å². The van der Waals surface area contributed by atoms with Crippen molar-refractivity contribution in [1.82, 2.24) is 19.7 Å². The van der Waals surface area contributed by atoms with Crippen molar-refractivity contribution in [2.45, 2.75) is 25.9 Å². The van der Waals surface area contributed by atoms with Crippen molar-refractivity contribution in [1.29, 1.82) is 5.26 Å². The molecule has 1 aliphatic heterocycles. The van der Waals surface area contributed by atoms with Crippen LogP contribution in [-0.2, 0) is 13.1 Å². The van der Waals surface area contributed by atoms with Gasteiger partial charge in [-0.05, 0) is 29.8 Å². The molecular formula is C21H18FN5O3. The minimum atomic E-state index is -1.19. The van der Waals surface area contributed by atoms with Crippen molar-refractivity contribution >= 4 is 11.9 Å². The van der Waals surface area contributed by atoms with E-state index in [0.29, 0.717) is 29.1 Å². The maximum absolute atomic E-state index is 13.5. The number of carbonyl (C=O) groups is 2. The van der Waals surface area contributed by atoms with Gasteiger partial charge in [-0.15, -0.1) is 0 Å². The van der Waals surface area contributed by atoms with Crippen LogP contribution in [-0.4, -0.2) is 43.2 Å². The third kappa shape index (κ3) is 3.33. The third-order valence-corrected chi connectivity index (χ3v) is 5.23. The van der Waals surface area contributed by atoms with Crippen LogP contribution in [0, 0.1) is 17.1 Å². The maximum Gasteiger partial charge on any atom is 0.356 e. The van der Waals surface area contributed by atoms with E-state index in [0.717, 1.165) is 6.07 Å². The topological polar surface area (TPSA) is 115 Å². The van der Waals surface area contributed by atoms with Gasteiger partial charge in [-0.2, -0.15) is 10.4 Å². The highest BCUT2D eigenvalue weighted by atomic mass is 19.1. The highest BCUT2D eigenvalue weighted by Crippen LogP contribution is 2.32. The molecule has 0 bridgehead atoms. The molecule has 2 aromatic heterocycles. The molecule has 9 heteroatoms. The predicted molar refractivity (Wildman–Crippen MR) is 103 cm³/mol. The van der Waals surface area contributed by atoms with Gasteiger partial charge in [0.2, 0.25) is 0 Å². The molecule has 0 radical (unpaired) electrons. The van der Waals surface area contributed by atoms with E-state index < -0.39 is 11.8 Å². The maximum atomic E-state index is 13.5. The molecule has 4 rings (SSSR count). The number of H-pyrrole nitrogens is 1. The zero-order valence-corrected chi connectivity index (χ0v) is 16.1. The van der Waals surface area contributed by atoms with Crippen LogP contribution in [0.2, 0.25) is 0 Å². The van der Waals surface area contributed by atoms with Crippen LogP contribution in [0.4, 0.5) is 4.39 Å². The molecule has 0 fully saturated rings. The fourth-order valence-corrected chi connectivity index (χ4v) is 3.92. The van der Waals surface area contributed by atoms with Crippen molar-refractivity contribution in [3.8, 4) is 6.07 Å². The van der Waals surface area contributed by atoms with Gasteiger partial charge in [-0.1, -0.05) is 13.0 Å². The lowest BCUT2D eigenvalue weighted by Gasteiger charge is -2.31. The first-order valence-electron chi connectivity index (χ1n) is 9.33. The average Bonchev–Trinajstić information content (AvgIpc) is 3.37. The summed E-state index contributed by atoms with van der Waals surface area (Å²) in [5, 5.41) is 23.2. The van der Waals surface area contributed by atoms with Crippen molar-refractivity contribution in [2.75, 3.05) is 6.54 Å². The number of rotatable bonds is 4. The zero-order chi connectivity index (χ0) is 21.4. The Morgan fingerprint density at radius 1 is 1.40 bits per heavy atom. The SMILES string of the molecule is CC1CN(C(=O)c2ccc[nH]2)Cc2c(C(=O)O)nn(Cc3ccc(F)cc3C#N)c21. The van der Waals surface area contributed by atoms with E-state index in [1.165, 1.54) is 12.1 Å². The van der Waals surface area contributed by atoms with Crippen LogP contribution in [0.3, 0.4) is 0 Å². The Morgan fingerprint density at radius 3 is 2.87 bits per heavy atom. The summed E-state index contributed by atoms with van der Waals surface area (Å²) in [5.74, 6) is -2.10. The summed E-state index contributed by atoms with van der Waals surface area (Å²) in [6.07, 6.45) is 1.65. The molecule has 0 saturated carbocycles. The lowest BCUT2D eigenvalue weighted by Crippen LogP contribution is -2.38. The number of amides is 1. The van der Waals surface area contributed by atoms with E-state index in [1.807, 2.05) is 13.0 Å². The Bertz CT molecular complexity index is 1180. The van der Waals surface area contributed by atoms with E-state index in [-0.39, 0.29) is 36.2 Å². The number of hydrogen-bond acceptors (Lipinski definition) is 4. The lowest BCUT2D eigenvalue weighted by molar-refractivity contribution is 0.0669. The molecule has 3 aromatic rings. The monoisotopic (exact) mass is 407 g/mol. The second-order valence-corrected chi connectivity index (χ2v) is 7.26. The lowest BCUT2D eigenvalue weighted by atomic mass is 9.95. The van der Waals surface area contributed by atoms with Gasteiger partial charge < -0.3 is 15.0 Å². The standard InChI is InChI=1S/C21H18FN5O3/c1-12-9-26(20(28)17-3-2-6-24-17)11-16-18(21(29)30)25-27(19(12)16)10-13-4-5-15(22)7-14(13)8-23/h2-7,12,24H,9-11H2,1H3,(H,29,30). The molecule has 1 aliphatic rings. The molecular weight excluding hydrogens is 389 g/mol. The third-order valence-electron chi connectivity index (χ3n) is 5.23. The Hall–Kier alpha value is -3.93. The van der Waals surface area contributed by atoms with Gasteiger partial charge >= 0.3 is 5.97 Å². The number of nitrogens with zero attached hydrogens (tertiary/aromatic N) is 4. The fourth-order valence-electron chi connectivity index (χ4n) is 3.92. The Balaban J connectivity index is 1.73. The number of carboxylic acids is 1. The highest BCUT2D eigenvalue weighted by Gasteiger charge is 2.34. The largest absolute Gasteiger partial charge is 0.476 e. The summed E-state index contributed by atoms with van der Waals surface area (Å²) in [5.41, 5.74) is 2.20. The number of benzene rings is 1. The molecule has 0 spiro atoms. The molecule has 1 unspecified atom stereocenters. The number of carboxylic acid groups (broad SMARTS) is 1. The predicted octanol–water partition coefficient (Wildman–Crippen LogP) is 2.73. The fraction of sp³-hybridized carbons (Fsp3) is 0.238. The van der Waals surface area contributed by atoms with Crippen LogP contribution in [0.25, 0.3) is 0 Å². The van der Waals surface area contributed by atoms with Crippen molar-refractivity contribution in [2.24, 2.45) is 0 Å².